The van der Waals surface area contributed by atoms with Gasteiger partial charge in [0, 0.05) is 12.0 Å². The first kappa shape index (κ1) is 13.1. The molecule has 0 unspecified atom stereocenters. The van der Waals surface area contributed by atoms with Gasteiger partial charge in [-0.2, -0.15) is 0 Å². The number of ether oxygens (including phenoxy) is 1. The van der Waals surface area contributed by atoms with Crippen LogP contribution in [-0.2, 0) is 9.53 Å². The highest BCUT2D eigenvalue weighted by Crippen LogP contribution is 2.41. The second kappa shape index (κ2) is 5.11. The van der Waals surface area contributed by atoms with Gasteiger partial charge in [-0.05, 0) is 45.8 Å². The fraction of sp³-hybridized carbons (Fsp3) is 0.533. The van der Waals surface area contributed by atoms with Crippen molar-refractivity contribution in [1.82, 2.24) is 0 Å². The first-order valence-corrected chi connectivity index (χ1v) is 6.36. The largest absolute Gasteiger partial charge is 0.472 e. The molecule has 2 atom stereocenters. The maximum Gasteiger partial charge on any atom is 0.158 e. The monoisotopic (exact) mass is 248 g/mol. The maximum absolute atomic E-state index is 11.8. The van der Waals surface area contributed by atoms with E-state index in [-0.39, 0.29) is 17.5 Å². The molecule has 98 valence electrons. The van der Waals surface area contributed by atoms with Gasteiger partial charge in [0.25, 0.3) is 0 Å². The Balaban J connectivity index is 1.98. The van der Waals surface area contributed by atoms with Crippen molar-refractivity contribution in [1.29, 1.82) is 0 Å². The van der Waals surface area contributed by atoms with Gasteiger partial charge in [-0.3, -0.25) is 4.79 Å². The van der Waals surface area contributed by atoms with Crippen LogP contribution < -0.4 is 0 Å². The zero-order valence-electron chi connectivity index (χ0n) is 11.2. The van der Waals surface area contributed by atoms with Crippen molar-refractivity contribution < 1.29 is 13.9 Å². The van der Waals surface area contributed by atoms with Crippen LogP contribution in [0.25, 0.3) is 0 Å². The van der Waals surface area contributed by atoms with E-state index in [1.54, 1.807) is 18.6 Å². The molecule has 18 heavy (non-hydrogen) atoms. The Kier molecular flexibility index (Phi) is 3.71. The van der Waals surface area contributed by atoms with E-state index in [0.717, 1.165) is 24.0 Å². The Morgan fingerprint density at radius 1 is 1.56 bits per heavy atom. The number of rotatable bonds is 4. The van der Waals surface area contributed by atoms with Gasteiger partial charge in [0.1, 0.15) is 0 Å². The Morgan fingerprint density at radius 2 is 2.33 bits per heavy atom. The summed E-state index contributed by atoms with van der Waals surface area (Å²) in [5, 5.41) is 0. The molecule has 1 aromatic rings. The highest BCUT2D eigenvalue weighted by molar-refractivity contribution is 5.90. The predicted molar refractivity (Wildman–Crippen MR) is 69.2 cm³/mol. The van der Waals surface area contributed by atoms with Gasteiger partial charge < -0.3 is 9.15 Å². The molecule has 2 heterocycles. The molecule has 0 N–H and O–H groups in total. The van der Waals surface area contributed by atoms with Crippen LogP contribution in [0, 0.1) is 0 Å². The van der Waals surface area contributed by atoms with E-state index in [4.69, 9.17) is 9.15 Å². The molecule has 2 rings (SSSR count). The van der Waals surface area contributed by atoms with E-state index in [1.165, 1.54) is 0 Å². The topological polar surface area (TPSA) is 39.4 Å². The van der Waals surface area contributed by atoms with Crippen LogP contribution in [0.1, 0.15) is 51.7 Å². The second-order valence-corrected chi connectivity index (χ2v) is 5.52. The van der Waals surface area contributed by atoms with Gasteiger partial charge in [0.05, 0.1) is 24.2 Å². The van der Waals surface area contributed by atoms with E-state index in [1.807, 2.05) is 26.8 Å². The quantitative estimate of drug-likeness (QED) is 0.760. The van der Waals surface area contributed by atoms with Gasteiger partial charge in [-0.25, -0.2) is 0 Å². The van der Waals surface area contributed by atoms with E-state index in [2.05, 4.69) is 0 Å². The number of furan rings is 1. The minimum Gasteiger partial charge on any atom is -0.472 e. The molecule has 0 spiro atoms. The molecule has 0 saturated carbocycles. The van der Waals surface area contributed by atoms with Crippen molar-refractivity contribution >= 4 is 5.78 Å². The lowest BCUT2D eigenvalue weighted by molar-refractivity contribution is -0.121. The molecule has 1 aliphatic heterocycles. The summed E-state index contributed by atoms with van der Waals surface area (Å²) >= 11 is 0. The zero-order chi connectivity index (χ0) is 13.2. The Morgan fingerprint density at radius 3 is 2.94 bits per heavy atom. The fourth-order valence-corrected chi connectivity index (χ4v) is 2.46. The lowest BCUT2D eigenvalue weighted by atomic mass is 9.95. The third-order valence-corrected chi connectivity index (χ3v) is 3.27. The molecular formula is C15H20O3. The van der Waals surface area contributed by atoms with Gasteiger partial charge in [0.2, 0.25) is 0 Å². The van der Waals surface area contributed by atoms with E-state index >= 15 is 0 Å². The third kappa shape index (κ3) is 3.10. The molecule has 0 bridgehead atoms. The SMILES string of the molecule is CC(C)=CC(=O)C[C@]1(C)CC[C@@H](c2ccoc2)O1. The fourth-order valence-electron chi connectivity index (χ4n) is 2.46. The van der Waals surface area contributed by atoms with Crippen molar-refractivity contribution in [2.75, 3.05) is 0 Å². The van der Waals surface area contributed by atoms with Crippen molar-refractivity contribution in [3.63, 3.8) is 0 Å². The molecular weight excluding hydrogens is 228 g/mol. The van der Waals surface area contributed by atoms with Gasteiger partial charge >= 0.3 is 0 Å². The Bertz CT molecular complexity index is 440. The highest BCUT2D eigenvalue weighted by atomic mass is 16.5. The molecule has 1 saturated heterocycles. The van der Waals surface area contributed by atoms with Crippen LogP contribution in [0.3, 0.4) is 0 Å². The Hall–Kier alpha value is -1.35. The lowest BCUT2D eigenvalue weighted by Gasteiger charge is -2.23. The van der Waals surface area contributed by atoms with Crippen LogP contribution in [0.15, 0.2) is 34.7 Å². The second-order valence-electron chi connectivity index (χ2n) is 5.52. The standard InChI is InChI=1S/C15H20O3/c1-11(2)8-13(16)9-15(3)6-4-14(18-15)12-5-7-17-10-12/h5,7-8,10,14H,4,6,9H2,1-3H3/t14-,15-/m0/s1. The number of carbonyl (C=O) groups is 1. The molecule has 0 aromatic carbocycles. The van der Waals surface area contributed by atoms with Crippen LogP contribution in [0.5, 0.6) is 0 Å². The van der Waals surface area contributed by atoms with Crippen molar-refractivity contribution in [2.24, 2.45) is 0 Å². The summed E-state index contributed by atoms with van der Waals surface area (Å²) in [6.07, 6.45) is 7.43. The lowest BCUT2D eigenvalue weighted by Crippen LogP contribution is -2.26. The summed E-state index contributed by atoms with van der Waals surface area (Å²) in [4.78, 5) is 11.8. The molecule has 1 aliphatic rings. The number of carbonyl (C=O) groups excluding carboxylic acids is 1. The summed E-state index contributed by atoms with van der Waals surface area (Å²) in [5.74, 6) is 0.144. The molecule has 1 fully saturated rings. The van der Waals surface area contributed by atoms with Gasteiger partial charge in [0.15, 0.2) is 5.78 Å². The van der Waals surface area contributed by atoms with Crippen LogP contribution in [0.4, 0.5) is 0 Å². The van der Waals surface area contributed by atoms with E-state index in [0.29, 0.717) is 6.42 Å². The van der Waals surface area contributed by atoms with Crippen molar-refractivity contribution in [2.45, 2.75) is 51.7 Å². The first-order chi connectivity index (χ1) is 8.48. The van der Waals surface area contributed by atoms with Gasteiger partial charge in [-0.1, -0.05) is 5.57 Å². The summed E-state index contributed by atoms with van der Waals surface area (Å²) in [5.41, 5.74) is 1.76. The molecule has 0 amide bonds. The maximum atomic E-state index is 11.8. The van der Waals surface area contributed by atoms with Crippen LogP contribution in [-0.4, -0.2) is 11.4 Å². The number of hydrogen-bond donors (Lipinski definition) is 0. The summed E-state index contributed by atoms with van der Waals surface area (Å²) < 4.78 is 11.1. The first-order valence-electron chi connectivity index (χ1n) is 6.36. The minimum absolute atomic E-state index is 0.0632. The summed E-state index contributed by atoms with van der Waals surface area (Å²) in [6, 6.07) is 1.92. The molecule has 3 nitrogen and oxygen atoms in total. The zero-order valence-corrected chi connectivity index (χ0v) is 11.2. The van der Waals surface area contributed by atoms with Crippen LogP contribution >= 0.6 is 0 Å². The van der Waals surface area contributed by atoms with E-state index < -0.39 is 0 Å². The normalized spacial score (nSPS) is 27.2. The average molecular weight is 248 g/mol. The van der Waals surface area contributed by atoms with Gasteiger partial charge in [-0.15, -0.1) is 0 Å². The summed E-state index contributed by atoms with van der Waals surface area (Å²) in [7, 11) is 0. The molecule has 3 heteroatoms. The number of allylic oxidation sites excluding steroid dienone is 2. The van der Waals surface area contributed by atoms with Crippen molar-refractivity contribution in [3.8, 4) is 0 Å². The van der Waals surface area contributed by atoms with E-state index in [9.17, 15) is 4.79 Å². The molecule has 1 aromatic heterocycles. The number of hydrogen-bond acceptors (Lipinski definition) is 3. The Labute approximate surface area is 108 Å². The molecule has 0 aliphatic carbocycles. The highest BCUT2D eigenvalue weighted by Gasteiger charge is 2.38. The minimum atomic E-state index is -0.342. The predicted octanol–water partition coefficient (Wildman–Crippen LogP) is 3.82. The third-order valence-electron chi connectivity index (χ3n) is 3.27. The molecule has 0 radical (unpaired) electrons. The summed E-state index contributed by atoms with van der Waals surface area (Å²) in [6.45, 7) is 5.89. The van der Waals surface area contributed by atoms with Crippen LogP contribution in [0.2, 0.25) is 0 Å². The smallest absolute Gasteiger partial charge is 0.158 e. The number of ketones is 1. The van der Waals surface area contributed by atoms with Crippen molar-refractivity contribution in [3.05, 3.63) is 35.8 Å². The average Bonchev–Trinajstić information content (AvgIpc) is 2.84.